The molecule has 7 nitrogen and oxygen atoms in total. The lowest BCUT2D eigenvalue weighted by atomic mass is 9.91. The molecule has 3 aliphatic heterocycles. The Morgan fingerprint density at radius 3 is 2.47 bits per heavy atom. The molecule has 3 heterocycles. The zero-order chi connectivity index (χ0) is 34.7. The van der Waals surface area contributed by atoms with Crippen LogP contribution in [0.25, 0.3) is 0 Å². The first-order valence-corrected chi connectivity index (χ1v) is 18.4. The Bertz CT molecular complexity index is 1250. The van der Waals surface area contributed by atoms with E-state index in [0.29, 0.717) is 18.9 Å². The highest BCUT2D eigenvalue weighted by molar-refractivity contribution is 6.01. The molecule has 47 heavy (non-hydrogen) atoms. The van der Waals surface area contributed by atoms with Crippen molar-refractivity contribution in [3.63, 3.8) is 0 Å². The Morgan fingerprint density at radius 2 is 1.85 bits per heavy atom. The van der Waals surface area contributed by atoms with E-state index >= 15 is 0 Å². The molecule has 0 aromatic heterocycles. The van der Waals surface area contributed by atoms with Gasteiger partial charge in [-0.2, -0.15) is 0 Å². The van der Waals surface area contributed by atoms with Crippen LogP contribution in [0.1, 0.15) is 103 Å². The highest BCUT2D eigenvalue weighted by atomic mass is 16.5. The second-order valence-electron chi connectivity index (χ2n) is 14.5. The maximum absolute atomic E-state index is 8.57. The van der Waals surface area contributed by atoms with Gasteiger partial charge in [0.15, 0.2) is 0 Å². The number of unbranched alkanes of at least 4 members (excludes halogenated alkanes) is 1. The highest BCUT2D eigenvalue weighted by Gasteiger charge is 2.33. The molecular weight excluding hydrogens is 580 g/mol. The third kappa shape index (κ3) is 10.5. The first kappa shape index (κ1) is 39.0. The fourth-order valence-electron chi connectivity index (χ4n) is 7.62. The SMILES string of the molecule is CC1CC2CCCN2C1.CCCCN(C/C(C)=C(\C)C(=N)CN(C)C)C(=NC)C1=C(N(C)CC)CC(c2cccc(C)c2CC)OC1. The van der Waals surface area contributed by atoms with Crippen molar-refractivity contribution in [1.82, 2.24) is 19.6 Å². The zero-order valence-corrected chi connectivity index (χ0v) is 32.0. The summed E-state index contributed by atoms with van der Waals surface area (Å²) >= 11 is 0. The van der Waals surface area contributed by atoms with Gasteiger partial charge in [-0.25, -0.2) is 0 Å². The molecule has 0 radical (unpaired) electrons. The lowest BCUT2D eigenvalue weighted by Gasteiger charge is -2.37. The van der Waals surface area contributed by atoms with Crippen LogP contribution in [0.2, 0.25) is 0 Å². The molecule has 1 aromatic rings. The van der Waals surface area contributed by atoms with Crippen molar-refractivity contribution in [2.45, 2.75) is 106 Å². The average molecular weight is 649 g/mol. The number of fused-ring (bicyclic) bond motifs is 1. The third-order valence-electron chi connectivity index (χ3n) is 10.5. The van der Waals surface area contributed by atoms with E-state index in [1.54, 1.807) is 0 Å². The predicted octanol–water partition coefficient (Wildman–Crippen LogP) is 7.76. The molecule has 1 N–H and O–H groups in total. The van der Waals surface area contributed by atoms with Crippen LogP contribution in [-0.2, 0) is 11.2 Å². The van der Waals surface area contributed by atoms with Crippen molar-refractivity contribution < 1.29 is 4.74 Å². The van der Waals surface area contributed by atoms with Gasteiger partial charge >= 0.3 is 0 Å². The molecule has 0 aliphatic carbocycles. The van der Waals surface area contributed by atoms with Crippen molar-refractivity contribution in [3.8, 4) is 0 Å². The molecular formula is C40H68N6O. The molecule has 264 valence electrons. The van der Waals surface area contributed by atoms with Crippen LogP contribution >= 0.6 is 0 Å². The number of amidine groups is 1. The van der Waals surface area contributed by atoms with Crippen LogP contribution in [-0.4, -0.2) is 111 Å². The quantitative estimate of drug-likeness (QED) is 0.175. The molecule has 2 fully saturated rings. The van der Waals surface area contributed by atoms with Crippen LogP contribution in [0.5, 0.6) is 0 Å². The molecule has 4 rings (SSSR count). The number of hydrogen-bond acceptors (Lipinski definition) is 6. The summed E-state index contributed by atoms with van der Waals surface area (Å²) in [6.07, 6.45) is 8.53. The number of ether oxygens (including phenoxy) is 1. The average Bonchev–Trinajstić information content (AvgIpc) is 3.63. The van der Waals surface area contributed by atoms with Gasteiger partial charge in [-0.05, 0) is 114 Å². The minimum Gasteiger partial charge on any atom is -0.378 e. The van der Waals surface area contributed by atoms with E-state index in [4.69, 9.17) is 15.1 Å². The van der Waals surface area contributed by atoms with E-state index in [2.05, 4.69) is 93.3 Å². The van der Waals surface area contributed by atoms with Gasteiger partial charge in [0.2, 0.25) is 0 Å². The smallest absolute Gasteiger partial charge is 0.130 e. The second-order valence-corrected chi connectivity index (χ2v) is 14.5. The van der Waals surface area contributed by atoms with E-state index in [1.165, 1.54) is 65.9 Å². The van der Waals surface area contributed by atoms with Crippen LogP contribution in [0.4, 0.5) is 0 Å². The Kier molecular flexibility index (Phi) is 15.7. The van der Waals surface area contributed by atoms with Gasteiger partial charge < -0.3 is 29.7 Å². The summed E-state index contributed by atoms with van der Waals surface area (Å²) in [5.74, 6) is 2.01. The van der Waals surface area contributed by atoms with Gasteiger partial charge in [-0.15, -0.1) is 0 Å². The molecule has 2 saturated heterocycles. The van der Waals surface area contributed by atoms with Crippen LogP contribution in [0.15, 0.2) is 45.6 Å². The fraction of sp³-hybridized carbons (Fsp3) is 0.700. The van der Waals surface area contributed by atoms with Gasteiger partial charge in [0.1, 0.15) is 5.84 Å². The molecule has 3 unspecified atom stereocenters. The molecule has 0 bridgehead atoms. The standard InChI is InChI=1S/C32H53N5O.C8H15N/c1-11-14-18-37(20-24(5)25(6)29(33)21-35(8)9)32(34-7)28-22-38-31(19-30(28)36(10)13-3)27-17-15-16-23(4)26(27)12-2;1-7-5-8-3-2-4-9(8)6-7/h15-17,31,33H,11-14,18-22H2,1-10H3;7-8H,2-6H2,1H3/b25-24+,33-29?,34-32?;. The number of nitrogens with zero attached hydrogens (tertiary/aromatic N) is 5. The van der Waals surface area contributed by atoms with E-state index in [-0.39, 0.29) is 6.10 Å². The van der Waals surface area contributed by atoms with Crippen LogP contribution in [0, 0.1) is 18.3 Å². The Hall–Kier alpha value is -2.48. The second kappa shape index (κ2) is 18.9. The summed E-state index contributed by atoms with van der Waals surface area (Å²) < 4.78 is 6.63. The lowest BCUT2D eigenvalue weighted by Crippen LogP contribution is -2.40. The number of hydrogen-bond donors (Lipinski definition) is 1. The summed E-state index contributed by atoms with van der Waals surface area (Å²) in [6, 6.07) is 7.59. The van der Waals surface area contributed by atoms with E-state index in [1.807, 2.05) is 21.1 Å². The number of rotatable bonds is 13. The number of benzene rings is 1. The van der Waals surface area contributed by atoms with Gasteiger partial charge in [-0.1, -0.05) is 45.4 Å². The van der Waals surface area contributed by atoms with Gasteiger partial charge in [0, 0.05) is 76.3 Å². The van der Waals surface area contributed by atoms with Crippen molar-refractivity contribution in [2.75, 3.05) is 74.1 Å². The summed E-state index contributed by atoms with van der Waals surface area (Å²) in [5, 5.41) is 8.57. The van der Waals surface area contributed by atoms with Crippen molar-refractivity contribution in [3.05, 3.63) is 57.3 Å². The van der Waals surface area contributed by atoms with Crippen LogP contribution in [0.3, 0.4) is 0 Å². The maximum Gasteiger partial charge on any atom is 0.130 e. The topological polar surface area (TPSA) is 58.4 Å². The van der Waals surface area contributed by atoms with Crippen molar-refractivity contribution in [1.29, 1.82) is 5.41 Å². The fourth-order valence-corrected chi connectivity index (χ4v) is 7.62. The van der Waals surface area contributed by atoms with Gasteiger partial charge in [-0.3, -0.25) is 4.99 Å². The van der Waals surface area contributed by atoms with E-state index in [0.717, 1.165) is 68.7 Å². The Labute approximate surface area is 288 Å². The summed E-state index contributed by atoms with van der Waals surface area (Å²) in [5.41, 5.74) is 9.57. The first-order valence-electron chi connectivity index (χ1n) is 18.4. The molecule has 3 atom stereocenters. The molecule has 0 amide bonds. The molecule has 3 aliphatic rings. The Morgan fingerprint density at radius 1 is 1.11 bits per heavy atom. The minimum absolute atomic E-state index is 0.0511. The summed E-state index contributed by atoms with van der Waals surface area (Å²) in [6.45, 7) is 22.1. The normalized spacial score (nSPS) is 22.2. The number of aliphatic imine (C=N–C) groups is 1. The highest BCUT2D eigenvalue weighted by Crippen LogP contribution is 2.36. The molecule has 0 spiro atoms. The molecule has 1 aromatic carbocycles. The van der Waals surface area contributed by atoms with Crippen molar-refractivity contribution >= 4 is 11.5 Å². The van der Waals surface area contributed by atoms with Crippen molar-refractivity contribution in [2.24, 2.45) is 10.9 Å². The molecule has 7 heteroatoms. The van der Waals surface area contributed by atoms with E-state index < -0.39 is 0 Å². The number of aryl methyl sites for hydroxylation is 1. The summed E-state index contributed by atoms with van der Waals surface area (Å²) in [7, 11) is 8.13. The summed E-state index contributed by atoms with van der Waals surface area (Å²) in [4.78, 5) is 14.4. The third-order valence-corrected chi connectivity index (χ3v) is 10.5. The Balaban J connectivity index is 0.000000563. The van der Waals surface area contributed by atoms with Gasteiger partial charge in [0.05, 0.1) is 12.7 Å². The first-order chi connectivity index (χ1) is 22.4. The van der Waals surface area contributed by atoms with E-state index in [9.17, 15) is 0 Å². The largest absolute Gasteiger partial charge is 0.378 e. The number of nitrogens with one attached hydrogen (secondary N) is 1. The maximum atomic E-state index is 8.57. The lowest BCUT2D eigenvalue weighted by molar-refractivity contribution is 0.0508. The minimum atomic E-state index is 0.0511. The predicted molar refractivity (Wildman–Crippen MR) is 202 cm³/mol. The molecule has 0 saturated carbocycles. The van der Waals surface area contributed by atoms with Gasteiger partial charge in [0.25, 0.3) is 0 Å². The van der Waals surface area contributed by atoms with Crippen LogP contribution < -0.4 is 0 Å². The monoisotopic (exact) mass is 649 g/mol. The zero-order valence-electron chi connectivity index (χ0n) is 32.0.